The molecule has 94 valence electrons. The molecule has 17 heavy (non-hydrogen) atoms. The van der Waals surface area contributed by atoms with E-state index in [1.165, 1.54) is 24.0 Å². The minimum absolute atomic E-state index is 0.0156. The summed E-state index contributed by atoms with van der Waals surface area (Å²) in [7, 11) is 1.84. The zero-order chi connectivity index (χ0) is 12.5. The SMILES string of the molecule is CC1CCCc2ccc(CCS(=O)(=O)Cl)cc21. The van der Waals surface area contributed by atoms with Crippen molar-refractivity contribution < 1.29 is 8.42 Å². The minimum atomic E-state index is -3.38. The molecule has 0 aromatic heterocycles. The minimum Gasteiger partial charge on any atom is -0.212 e. The van der Waals surface area contributed by atoms with Crippen LogP contribution in [0.4, 0.5) is 0 Å². The van der Waals surface area contributed by atoms with Crippen LogP contribution in [0.15, 0.2) is 18.2 Å². The molecule has 1 aliphatic rings. The molecule has 0 aliphatic heterocycles. The summed E-state index contributed by atoms with van der Waals surface area (Å²) in [6, 6.07) is 6.32. The number of aryl methyl sites for hydroxylation is 2. The van der Waals surface area contributed by atoms with Gasteiger partial charge in [0.25, 0.3) is 0 Å². The van der Waals surface area contributed by atoms with Crippen molar-refractivity contribution in [2.24, 2.45) is 0 Å². The van der Waals surface area contributed by atoms with Crippen LogP contribution in [0, 0.1) is 0 Å². The summed E-state index contributed by atoms with van der Waals surface area (Å²) in [5.41, 5.74) is 3.88. The maximum atomic E-state index is 10.9. The van der Waals surface area contributed by atoms with Crippen molar-refractivity contribution in [3.63, 3.8) is 0 Å². The molecule has 1 aromatic rings. The maximum absolute atomic E-state index is 10.9. The van der Waals surface area contributed by atoms with Gasteiger partial charge in [-0.3, -0.25) is 0 Å². The van der Waals surface area contributed by atoms with E-state index in [1.807, 2.05) is 6.07 Å². The summed E-state index contributed by atoms with van der Waals surface area (Å²) in [5, 5.41) is 0. The fourth-order valence-electron chi connectivity index (χ4n) is 2.48. The van der Waals surface area contributed by atoms with Crippen LogP contribution < -0.4 is 0 Å². The highest BCUT2D eigenvalue weighted by Gasteiger charge is 2.16. The Labute approximate surface area is 107 Å². The highest BCUT2D eigenvalue weighted by Crippen LogP contribution is 2.31. The maximum Gasteiger partial charge on any atom is 0.232 e. The largest absolute Gasteiger partial charge is 0.232 e. The van der Waals surface area contributed by atoms with E-state index < -0.39 is 9.05 Å². The van der Waals surface area contributed by atoms with Crippen LogP contribution in [-0.4, -0.2) is 14.2 Å². The molecule has 0 heterocycles. The van der Waals surface area contributed by atoms with Crippen molar-refractivity contribution in [1.29, 1.82) is 0 Å². The van der Waals surface area contributed by atoms with Crippen LogP contribution >= 0.6 is 10.7 Å². The number of benzene rings is 1. The molecule has 2 rings (SSSR count). The third-order valence-corrected chi connectivity index (χ3v) is 4.61. The molecule has 0 fully saturated rings. The lowest BCUT2D eigenvalue weighted by molar-refractivity contribution is 0.589. The molecular formula is C13H17ClO2S. The van der Waals surface area contributed by atoms with E-state index in [9.17, 15) is 8.42 Å². The first-order chi connectivity index (χ1) is 7.96. The van der Waals surface area contributed by atoms with Crippen LogP contribution in [0.25, 0.3) is 0 Å². The van der Waals surface area contributed by atoms with Gasteiger partial charge in [-0.1, -0.05) is 25.1 Å². The molecule has 1 aliphatic carbocycles. The lowest BCUT2D eigenvalue weighted by Crippen LogP contribution is -2.08. The van der Waals surface area contributed by atoms with E-state index in [1.54, 1.807) is 0 Å². The van der Waals surface area contributed by atoms with Gasteiger partial charge in [0, 0.05) is 10.7 Å². The summed E-state index contributed by atoms with van der Waals surface area (Å²) >= 11 is 0. The normalized spacial score (nSPS) is 20.0. The van der Waals surface area contributed by atoms with E-state index in [4.69, 9.17) is 10.7 Å². The van der Waals surface area contributed by atoms with Crippen molar-refractivity contribution in [2.45, 2.75) is 38.5 Å². The molecule has 1 atom stereocenters. The van der Waals surface area contributed by atoms with Crippen molar-refractivity contribution >= 4 is 19.7 Å². The van der Waals surface area contributed by atoms with Gasteiger partial charge in [0.1, 0.15) is 0 Å². The molecule has 0 saturated heterocycles. The van der Waals surface area contributed by atoms with Crippen LogP contribution in [0.5, 0.6) is 0 Å². The Morgan fingerprint density at radius 3 is 2.88 bits per heavy atom. The summed E-state index contributed by atoms with van der Waals surface area (Å²) in [6.07, 6.45) is 4.13. The number of hydrogen-bond acceptors (Lipinski definition) is 2. The standard InChI is InChI=1S/C13H17ClO2S/c1-10-3-2-4-12-6-5-11(9-13(10)12)7-8-17(14,15)16/h5-6,9-10H,2-4,7-8H2,1H3. The number of hydrogen-bond donors (Lipinski definition) is 0. The fraction of sp³-hybridized carbons (Fsp3) is 0.538. The topological polar surface area (TPSA) is 34.1 Å². The number of fused-ring (bicyclic) bond motifs is 1. The van der Waals surface area contributed by atoms with Gasteiger partial charge < -0.3 is 0 Å². The second-order valence-corrected chi connectivity index (χ2v) is 7.72. The number of rotatable bonds is 3. The van der Waals surface area contributed by atoms with E-state index >= 15 is 0 Å². The fourth-order valence-corrected chi connectivity index (χ4v) is 3.19. The molecule has 0 spiro atoms. The Balaban J connectivity index is 2.18. The first kappa shape index (κ1) is 12.9. The molecule has 0 saturated carbocycles. The predicted molar refractivity (Wildman–Crippen MR) is 71.1 cm³/mol. The van der Waals surface area contributed by atoms with E-state index in [2.05, 4.69) is 19.1 Å². The Morgan fingerprint density at radius 1 is 1.41 bits per heavy atom. The van der Waals surface area contributed by atoms with E-state index in [0.717, 1.165) is 12.0 Å². The van der Waals surface area contributed by atoms with Gasteiger partial charge in [-0.2, -0.15) is 0 Å². The van der Waals surface area contributed by atoms with Crippen LogP contribution in [-0.2, 0) is 21.9 Å². The van der Waals surface area contributed by atoms with Gasteiger partial charge in [0.15, 0.2) is 0 Å². The molecule has 0 N–H and O–H groups in total. The van der Waals surface area contributed by atoms with Gasteiger partial charge in [0.2, 0.25) is 9.05 Å². The van der Waals surface area contributed by atoms with Gasteiger partial charge in [0.05, 0.1) is 5.75 Å². The highest BCUT2D eigenvalue weighted by molar-refractivity contribution is 8.13. The zero-order valence-electron chi connectivity index (χ0n) is 9.95. The summed E-state index contributed by atoms with van der Waals surface area (Å²) < 4.78 is 21.8. The predicted octanol–water partition coefficient (Wildman–Crippen LogP) is 3.24. The van der Waals surface area contributed by atoms with Crippen molar-refractivity contribution in [1.82, 2.24) is 0 Å². The Hall–Kier alpha value is -0.540. The molecule has 1 unspecified atom stereocenters. The van der Waals surface area contributed by atoms with E-state index in [0.29, 0.717) is 12.3 Å². The van der Waals surface area contributed by atoms with Crippen LogP contribution in [0.1, 0.15) is 42.4 Å². The lowest BCUT2D eigenvalue weighted by Gasteiger charge is -2.22. The van der Waals surface area contributed by atoms with Crippen molar-refractivity contribution in [3.05, 3.63) is 34.9 Å². The average molecular weight is 273 g/mol. The summed E-state index contributed by atoms with van der Waals surface area (Å²) in [5.74, 6) is 0.605. The summed E-state index contributed by atoms with van der Waals surface area (Å²) in [4.78, 5) is 0. The smallest absolute Gasteiger partial charge is 0.212 e. The monoisotopic (exact) mass is 272 g/mol. The Bertz CT molecular complexity index is 508. The molecule has 0 radical (unpaired) electrons. The lowest BCUT2D eigenvalue weighted by atomic mass is 9.83. The molecule has 0 bridgehead atoms. The number of halogens is 1. The highest BCUT2D eigenvalue weighted by atomic mass is 35.7. The zero-order valence-corrected chi connectivity index (χ0v) is 11.5. The van der Waals surface area contributed by atoms with E-state index in [-0.39, 0.29) is 5.75 Å². The molecular weight excluding hydrogens is 256 g/mol. The quantitative estimate of drug-likeness (QED) is 0.792. The molecule has 1 aromatic carbocycles. The second-order valence-electron chi connectivity index (χ2n) is 4.82. The Kier molecular flexibility index (Phi) is 3.79. The van der Waals surface area contributed by atoms with Crippen molar-refractivity contribution in [3.8, 4) is 0 Å². The third kappa shape index (κ3) is 3.46. The van der Waals surface area contributed by atoms with Gasteiger partial charge in [-0.15, -0.1) is 0 Å². The van der Waals surface area contributed by atoms with Gasteiger partial charge >= 0.3 is 0 Å². The van der Waals surface area contributed by atoms with Crippen LogP contribution in [0.2, 0.25) is 0 Å². The van der Waals surface area contributed by atoms with Crippen LogP contribution in [0.3, 0.4) is 0 Å². The Morgan fingerprint density at radius 2 is 2.18 bits per heavy atom. The first-order valence-corrected chi connectivity index (χ1v) is 8.47. The average Bonchev–Trinajstić information content (AvgIpc) is 2.26. The van der Waals surface area contributed by atoms with Crippen molar-refractivity contribution in [2.75, 3.05) is 5.75 Å². The molecule has 4 heteroatoms. The first-order valence-electron chi connectivity index (χ1n) is 6.00. The van der Waals surface area contributed by atoms with Gasteiger partial charge in [-0.25, -0.2) is 8.42 Å². The molecule has 0 amide bonds. The van der Waals surface area contributed by atoms with Gasteiger partial charge in [-0.05, 0) is 48.3 Å². The molecule has 2 nitrogen and oxygen atoms in total. The summed E-state index contributed by atoms with van der Waals surface area (Å²) in [6.45, 7) is 2.24. The second kappa shape index (κ2) is 4.99. The third-order valence-electron chi connectivity index (χ3n) is 3.46.